The Morgan fingerprint density at radius 2 is 2.11 bits per heavy atom. The summed E-state index contributed by atoms with van der Waals surface area (Å²) in [6, 6.07) is 7.83. The van der Waals surface area contributed by atoms with Crippen LogP contribution in [0.1, 0.15) is 32.4 Å². The van der Waals surface area contributed by atoms with Gasteiger partial charge in [-0.3, -0.25) is 14.9 Å². The number of thioether (sulfide) groups is 1. The van der Waals surface area contributed by atoms with Crippen LogP contribution in [-0.2, 0) is 15.3 Å². The van der Waals surface area contributed by atoms with Gasteiger partial charge in [0.05, 0.1) is 17.5 Å². The number of carbonyl (C=O) groups excluding carboxylic acids is 3. The first-order valence-corrected chi connectivity index (χ1v) is 9.06. The summed E-state index contributed by atoms with van der Waals surface area (Å²) < 4.78 is 14.9. The molecule has 0 radical (unpaired) electrons. The number of aryl methyl sites for hydroxylation is 1. The number of carbonyl (C=O) groups is 3. The minimum Gasteiger partial charge on any atom is -0.459 e. The van der Waals surface area contributed by atoms with Crippen molar-refractivity contribution in [3.63, 3.8) is 0 Å². The van der Waals surface area contributed by atoms with Gasteiger partial charge in [-0.25, -0.2) is 9.78 Å². The van der Waals surface area contributed by atoms with Gasteiger partial charge in [0.15, 0.2) is 12.4 Å². The third kappa shape index (κ3) is 5.07. The molecule has 3 aromatic heterocycles. The predicted molar refractivity (Wildman–Crippen MR) is 96.5 cm³/mol. The first-order chi connectivity index (χ1) is 13.5. The third-order valence-corrected chi connectivity index (χ3v) is 4.40. The standard InChI is InChI=1S/C18H15N3O6S/c1-11-8-12(21-27-11)10-28-17-13(4-2-6-19-17)18(24)26-9-15(22)20-16(23)14-5-3-7-25-14/h2-8H,9-10H2,1H3,(H,20,22,23). The molecule has 0 atom stereocenters. The molecular formula is C18H15N3O6S. The number of nitrogens with one attached hydrogen (secondary N) is 1. The van der Waals surface area contributed by atoms with Gasteiger partial charge in [0.1, 0.15) is 10.8 Å². The number of hydrogen-bond donors (Lipinski definition) is 1. The Hall–Kier alpha value is -3.40. The first kappa shape index (κ1) is 19.4. The van der Waals surface area contributed by atoms with E-state index in [1.165, 1.54) is 36.2 Å². The molecule has 0 aliphatic heterocycles. The Labute approximate surface area is 163 Å². The fourth-order valence-electron chi connectivity index (χ4n) is 2.13. The number of pyridine rings is 1. The number of aromatic nitrogens is 2. The minimum absolute atomic E-state index is 0.0197. The number of furan rings is 1. The molecule has 3 rings (SSSR count). The van der Waals surface area contributed by atoms with Gasteiger partial charge in [-0.05, 0) is 31.2 Å². The summed E-state index contributed by atoms with van der Waals surface area (Å²) >= 11 is 1.28. The maximum absolute atomic E-state index is 12.3. The van der Waals surface area contributed by atoms with Crippen molar-refractivity contribution in [2.75, 3.05) is 6.61 Å². The van der Waals surface area contributed by atoms with Crippen LogP contribution in [0.2, 0.25) is 0 Å². The third-order valence-electron chi connectivity index (χ3n) is 3.36. The second-order valence-electron chi connectivity index (χ2n) is 5.50. The summed E-state index contributed by atoms with van der Waals surface area (Å²) in [5.74, 6) is -1.10. The smallest absolute Gasteiger partial charge is 0.341 e. The first-order valence-electron chi connectivity index (χ1n) is 8.08. The van der Waals surface area contributed by atoms with Crippen LogP contribution < -0.4 is 5.32 Å². The van der Waals surface area contributed by atoms with E-state index in [1.54, 1.807) is 25.3 Å². The number of ether oxygens (including phenoxy) is 1. The van der Waals surface area contributed by atoms with E-state index >= 15 is 0 Å². The van der Waals surface area contributed by atoms with Gasteiger partial charge < -0.3 is 13.7 Å². The molecule has 0 aliphatic carbocycles. The van der Waals surface area contributed by atoms with Gasteiger partial charge in [0.25, 0.3) is 11.8 Å². The number of amides is 2. The largest absolute Gasteiger partial charge is 0.459 e. The van der Waals surface area contributed by atoms with Crippen molar-refractivity contribution < 1.29 is 28.1 Å². The Balaban J connectivity index is 1.55. The van der Waals surface area contributed by atoms with Crippen molar-refractivity contribution in [3.05, 3.63) is 65.6 Å². The quantitative estimate of drug-likeness (QED) is 0.469. The summed E-state index contributed by atoms with van der Waals surface area (Å²) in [5, 5.41) is 6.38. The molecule has 3 heterocycles. The average Bonchev–Trinajstić information content (AvgIpc) is 3.36. The van der Waals surface area contributed by atoms with Crippen LogP contribution in [0.4, 0.5) is 0 Å². The highest BCUT2D eigenvalue weighted by Gasteiger charge is 2.18. The second kappa shape index (κ2) is 9.00. The lowest BCUT2D eigenvalue weighted by Gasteiger charge is -2.08. The minimum atomic E-state index is -0.772. The molecule has 28 heavy (non-hydrogen) atoms. The van der Waals surface area contributed by atoms with Gasteiger partial charge >= 0.3 is 5.97 Å². The molecule has 144 valence electrons. The normalized spacial score (nSPS) is 10.5. The SMILES string of the molecule is Cc1cc(CSc2ncccc2C(=O)OCC(=O)NC(=O)c2ccco2)no1. The van der Waals surface area contributed by atoms with Crippen molar-refractivity contribution in [1.82, 2.24) is 15.5 Å². The van der Waals surface area contributed by atoms with Crippen LogP contribution in [0.5, 0.6) is 0 Å². The molecule has 0 aromatic carbocycles. The summed E-state index contributed by atoms with van der Waals surface area (Å²) in [7, 11) is 0. The highest BCUT2D eigenvalue weighted by atomic mass is 32.2. The number of hydrogen-bond acceptors (Lipinski definition) is 9. The van der Waals surface area contributed by atoms with Gasteiger partial charge in [-0.2, -0.15) is 0 Å². The molecular weight excluding hydrogens is 386 g/mol. The summed E-state index contributed by atoms with van der Waals surface area (Å²) in [6.07, 6.45) is 2.85. The maximum Gasteiger partial charge on any atom is 0.341 e. The maximum atomic E-state index is 12.3. The van der Waals surface area contributed by atoms with Gasteiger partial charge in [0, 0.05) is 18.0 Å². The Morgan fingerprint density at radius 1 is 1.25 bits per heavy atom. The molecule has 0 bridgehead atoms. The lowest BCUT2D eigenvalue weighted by molar-refractivity contribution is -0.123. The molecule has 0 saturated carbocycles. The van der Waals surface area contributed by atoms with Crippen molar-refractivity contribution >= 4 is 29.5 Å². The van der Waals surface area contributed by atoms with Crippen LogP contribution in [-0.4, -0.2) is 34.5 Å². The van der Waals surface area contributed by atoms with E-state index < -0.39 is 24.4 Å². The van der Waals surface area contributed by atoms with Gasteiger partial charge in [-0.15, -0.1) is 0 Å². The summed E-state index contributed by atoms with van der Waals surface area (Å²) in [4.78, 5) is 40.0. The number of nitrogens with zero attached hydrogens (tertiary/aromatic N) is 2. The van der Waals surface area contributed by atoms with Crippen LogP contribution in [0.15, 0.2) is 56.8 Å². The molecule has 0 saturated heterocycles. The van der Waals surface area contributed by atoms with Crippen molar-refractivity contribution in [3.8, 4) is 0 Å². The fraction of sp³-hybridized carbons (Fsp3) is 0.167. The topological polar surface area (TPSA) is 125 Å². The molecule has 2 amide bonds. The Bertz CT molecular complexity index is 983. The molecule has 3 aromatic rings. The van der Waals surface area contributed by atoms with Crippen molar-refractivity contribution in [2.24, 2.45) is 0 Å². The van der Waals surface area contributed by atoms with E-state index in [1.807, 2.05) is 0 Å². The van der Waals surface area contributed by atoms with Crippen molar-refractivity contribution in [1.29, 1.82) is 0 Å². The second-order valence-corrected chi connectivity index (χ2v) is 6.47. The lowest BCUT2D eigenvalue weighted by atomic mass is 10.3. The highest BCUT2D eigenvalue weighted by molar-refractivity contribution is 7.98. The van der Waals surface area contributed by atoms with E-state index in [2.05, 4.69) is 15.5 Å². The van der Waals surface area contributed by atoms with Crippen LogP contribution in [0.25, 0.3) is 0 Å². The van der Waals surface area contributed by atoms with Crippen molar-refractivity contribution in [2.45, 2.75) is 17.7 Å². The van der Waals surface area contributed by atoms with Crippen LogP contribution >= 0.6 is 11.8 Å². The van der Waals surface area contributed by atoms with Gasteiger partial charge in [-0.1, -0.05) is 16.9 Å². The highest BCUT2D eigenvalue weighted by Crippen LogP contribution is 2.24. The van der Waals surface area contributed by atoms with Crippen LogP contribution in [0, 0.1) is 6.92 Å². The zero-order valence-corrected chi connectivity index (χ0v) is 15.5. The molecule has 0 unspecified atom stereocenters. The molecule has 1 N–H and O–H groups in total. The average molecular weight is 401 g/mol. The van der Waals surface area contributed by atoms with E-state index in [0.29, 0.717) is 22.2 Å². The van der Waals surface area contributed by atoms with E-state index in [9.17, 15) is 14.4 Å². The fourth-order valence-corrected chi connectivity index (χ4v) is 2.99. The zero-order valence-electron chi connectivity index (χ0n) is 14.7. The lowest BCUT2D eigenvalue weighted by Crippen LogP contribution is -2.34. The van der Waals surface area contributed by atoms with Gasteiger partial charge in [0.2, 0.25) is 0 Å². The number of rotatable bonds is 7. The molecule has 10 heteroatoms. The summed E-state index contributed by atoms with van der Waals surface area (Å²) in [6.45, 7) is 1.17. The number of imide groups is 1. The Kier molecular flexibility index (Phi) is 6.22. The van der Waals surface area contributed by atoms with E-state index in [0.717, 1.165) is 0 Å². The summed E-state index contributed by atoms with van der Waals surface area (Å²) in [5.41, 5.74) is 0.918. The predicted octanol–water partition coefficient (Wildman–Crippen LogP) is 2.38. The molecule has 0 aliphatic rings. The zero-order chi connectivity index (χ0) is 19.9. The van der Waals surface area contributed by atoms with E-state index in [-0.39, 0.29) is 11.3 Å². The number of esters is 1. The molecule has 9 nitrogen and oxygen atoms in total. The Morgan fingerprint density at radius 3 is 2.82 bits per heavy atom. The molecule has 0 fully saturated rings. The molecule has 0 spiro atoms. The monoisotopic (exact) mass is 401 g/mol. The van der Waals surface area contributed by atoms with E-state index in [4.69, 9.17) is 13.7 Å². The van der Waals surface area contributed by atoms with Crippen LogP contribution in [0.3, 0.4) is 0 Å².